The Hall–Kier alpha value is -3.41. The van der Waals surface area contributed by atoms with Crippen LogP contribution < -0.4 is 5.32 Å². The first kappa shape index (κ1) is 77.6. The summed E-state index contributed by atoms with van der Waals surface area (Å²) in [6, 6.07) is -0.838. The van der Waals surface area contributed by atoms with Crippen molar-refractivity contribution in [1.29, 1.82) is 0 Å². The van der Waals surface area contributed by atoms with Crippen molar-refractivity contribution < 1.29 is 39.8 Å². The molecule has 1 aliphatic rings. The zero-order valence-electron chi connectivity index (χ0n) is 53.2. The minimum Gasteiger partial charge on any atom is -0.394 e. The van der Waals surface area contributed by atoms with E-state index in [-0.39, 0.29) is 12.5 Å². The molecule has 1 aliphatic heterocycles. The number of rotatable bonds is 58. The average molecular weight is 1160 g/mol. The Bertz CT molecular complexity index is 1720. The topological polar surface area (TPSA) is 149 Å². The first-order valence-electron chi connectivity index (χ1n) is 34.3. The van der Waals surface area contributed by atoms with Crippen LogP contribution in [0.15, 0.2) is 122 Å². The number of hydrogen-bond acceptors (Lipinski definition) is 8. The minimum absolute atomic E-state index is 0.194. The molecule has 1 heterocycles. The van der Waals surface area contributed by atoms with Gasteiger partial charge in [-0.15, -0.1) is 0 Å². The third-order valence-electron chi connectivity index (χ3n) is 15.5. The number of carbonyl (C=O) groups is 1. The fraction of sp³-hybridized carbons (Fsp3) is 0.716. The van der Waals surface area contributed by atoms with Gasteiger partial charge in [0.25, 0.3) is 0 Å². The molecular formula is C74H127NO8. The van der Waals surface area contributed by atoms with Gasteiger partial charge in [-0.25, -0.2) is 0 Å². The van der Waals surface area contributed by atoms with Crippen molar-refractivity contribution in [2.24, 2.45) is 0 Å². The summed E-state index contributed by atoms with van der Waals surface area (Å²) in [5, 5.41) is 54.7. The lowest BCUT2D eigenvalue weighted by atomic mass is 9.99. The molecule has 83 heavy (non-hydrogen) atoms. The maximum absolute atomic E-state index is 13.1. The van der Waals surface area contributed by atoms with E-state index >= 15 is 0 Å². The average Bonchev–Trinajstić information content (AvgIpc) is 3.60. The fourth-order valence-corrected chi connectivity index (χ4v) is 10.2. The Balaban J connectivity index is 2.18. The number of ether oxygens (including phenoxy) is 2. The van der Waals surface area contributed by atoms with E-state index in [0.717, 1.165) is 89.9 Å². The second kappa shape index (κ2) is 61.7. The van der Waals surface area contributed by atoms with Crippen LogP contribution in [0, 0.1) is 0 Å². The van der Waals surface area contributed by atoms with Gasteiger partial charge in [-0.2, -0.15) is 0 Å². The van der Waals surface area contributed by atoms with Gasteiger partial charge in [0.1, 0.15) is 24.4 Å². The lowest BCUT2D eigenvalue weighted by Crippen LogP contribution is -2.60. The number of hydrogen-bond donors (Lipinski definition) is 6. The van der Waals surface area contributed by atoms with Gasteiger partial charge in [-0.1, -0.05) is 296 Å². The molecule has 9 heteroatoms. The number of aliphatic hydroxyl groups is 5. The van der Waals surface area contributed by atoms with E-state index in [4.69, 9.17) is 9.47 Å². The highest BCUT2D eigenvalue weighted by atomic mass is 16.7. The van der Waals surface area contributed by atoms with E-state index in [9.17, 15) is 30.3 Å². The molecule has 1 saturated heterocycles. The van der Waals surface area contributed by atoms with Crippen molar-refractivity contribution in [3.05, 3.63) is 122 Å². The van der Waals surface area contributed by atoms with Crippen LogP contribution >= 0.6 is 0 Å². The van der Waals surface area contributed by atoms with Crippen LogP contribution in [0.5, 0.6) is 0 Å². The Morgan fingerprint density at radius 1 is 0.422 bits per heavy atom. The predicted molar refractivity (Wildman–Crippen MR) is 354 cm³/mol. The molecule has 476 valence electrons. The lowest BCUT2D eigenvalue weighted by Gasteiger charge is -2.40. The van der Waals surface area contributed by atoms with E-state index in [1.807, 2.05) is 6.08 Å². The SMILES string of the molecule is CC/C=C\C/C=C\C/C=C\C/C=C\C/C=C\C/C=C\C/C=C\CCCCCCCCCCCCCCCC(=O)NC(COC1OC(CO)C(O)C(O)C1O)C(O)/C=C/CC/C=C/CC/C=C/CCCCCCCCCCCCCCCCC. The summed E-state index contributed by atoms with van der Waals surface area (Å²) in [5.74, 6) is -0.194. The van der Waals surface area contributed by atoms with Crippen molar-refractivity contribution >= 4 is 5.91 Å². The van der Waals surface area contributed by atoms with E-state index in [1.165, 1.54) is 173 Å². The second-order valence-electron chi connectivity index (χ2n) is 23.2. The number of carbonyl (C=O) groups excluding carboxylic acids is 1. The molecule has 6 N–H and O–H groups in total. The largest absolute Gasteiger partial charge is 0.394 e. The van der Waals surface area contributed by atoms with E-state index in [1.54, 1.807) is 6.08 Å². The summed E-state index contributed by atoms with van der Waals surface area (Å²) < 4.78 is 11.3. The molecule has 1 amide bonds. The van der Waals surface area contributed by atoms with Crippen LogP contribution in [-0.2, 0) is 14.3 Å². The zero-order valence-corrected chi connectivity index (χ0v) is 53.2. The highest BCUT2D eigenvalue weighted by molar-refractivity contribution is 5.76. The number of nitrogens with one attached hydrogen (secondary N) is 1. The van der Waals surface area contributed by atoms with Crippen molar-refractivity contribution in [3.63, 3.8) is 0 Å². The minimum atomic E-state index is -1.58. The number of aliphatic hydroxyl groups excluding tert-OH is 5. The van der Waals surface area contributed by atoms with Gasteiger partial charge in [-0.3, -0.25) is 4.79 Å². The highest BCUT2D eigenvalue weighted by Gasteiger charge is 2.44. The van der Waals surface area contributed by atoms with Crippen LogP contribution in [0.3, 0.4) is 0 Å². The molecule has 0 spiro atoms. The van der Waals surface area contributed by atoms with Crippen LogP contribution in [0.25, 0.3) is 0 Å². The van der Waals surface area contributed by atoms with Crippen molar-refractivity contribution in [3.8, 4) is 0 Å². The van der Waals surface area contributed by atoms with Gasteiger partial charge in [0.2, 0.25) is 5.91 Å². The molecule has 1 fully saturated rings. The lowest BCUT2D eigenvalue weighted by molar-refractivity contribution is -0.302. The third-order valence-corrected chi connectivity index (χ3v) is 15.5. The van der Waals surface area contributed by atoms with Crippen molar-refractivity contribution in [2.45, 2.75) is 326 Å². The van der Waals surface area contributed by atoms with E-state index < -0.39 is 49.5 Å². The first-order valence-corrected chi connectivity index (χ1v) is 34.3. The van der Waals surface area contributed by atoms with Crippen LogP contribution in [-0.4, -0.2) is 87.5 Å². The molecule has 0 saturated carbocycles. The second-order valence-corrected chi connectivity index (χ2v) is 23.2. The van der Waals surface area contributed by atoms with Gasteiger partial charge in [-0.05, 0) is 103 Å². The molecule has 7 atom stereocenters. The third kappa shape index (κ3) is 50.5. The summed E-state index contributed by atoms with van der Waals surface area (Å²) in [6.45, 7) is 3.66. The van der Waals surface area contributed by atoms with E-state index in [2.05, 4.69) is 129 Å². The molecule has 7 unspecified atom stereocenters. The molecule has 9 nitrogen and oxygen atoms in total. The molecule has 0 aromatic rings. The maximum Gasteiger partial charge on any atom is 0.220 e. The van der Waals surface area contributed by atoms with Crippen molar-refractivity contribution in [2.75, 3.05) is 13.2 Å². The monoisotopic (exact) mass is 1160 g/mol. The number of unbranched alkanes of at least 4 members (excludes halogenated alkanes) is 30. The van der Waals surface area contributed by atoms with E-state index in [0.29, 0.717) is 6.42 Å². The molecule has 0 bridgehead atoms. The smallest absolute Gasteiger partial charge is 0.220 e. The molecule has 0 aromatic carbocycles. The predicted octanol–water partition coefficient (Wildman–Crippen LogP) is 18.6. The molecule has 0 aliphatic carbocycles. The van der Waals surface area contributed by atoms with Crippen LogP contribution in [0.1, 0.15) is 284 Å². The quantitative estimate of drug-likeness (QED) is 0.0261. The summed E-state index contributed by atoms with van der Waals surface area (Å²) in [7, 11) is 0. The van der Waals surface area contributed by atoms with Gasteiger partial charge in [0.05, 0.1) is 25.4 Å². The van der Waals surface area contributed by atoms with Crippen LogP contribution in [0.2, 0.25) is 0 Å². The summed E-state index contributed by atoms with van der Waals surface area (Å²) in [4.78, 5) is 13.1. The summed E-state index contributed by atoms with van der Waals surface area (Å²) in [5.41, 5.74) is 0. The Morgan fingerprint density at radius 2 is 0.759 bits per heavy atom. The number of allylic oxidation sites excluding steroid dienone is 19. The fourth-order valence-electron chi connectivity index (χ4n) is 10.2. The Labute approximate surface area is 509 Å². The van der Waals surface area contributed by atoms with Gasteiger partial charge >= 0.3 is 0 Å². The summed E-state index contributed by atoms with van der Waals surface area (Å²) in [6.07, 6.45) is 85.8. The van der Waals surface area contributed by atoms with Gasteiger partial charge < -0.3 is 40.3 Å². The van der Waals surface area contributed by atoms with Crippen molar-refractivity contribution in [1.82, 2.24) is 5.32 Å². The normalized spacial score (nSPS) is 19.0. The summed E-state index contributed by atoms with van der Waals surface area (Å²) >= 11 is 0. The first-order chi connectivity index (χ1) is 40.8. The van der Waals surface area contributed by atoms with Gasteiger partial charge in [0, 0.05) is 6.42 Å². The highest BCUT2D eigenvalue weighted by Crippen LogP contribution is 2.23. The molecular weight excluding hydrogens is 1030 g/mol. The molecule has 0 radical (unpaired) electrons. The molecule has 1 rings (SSSR count). The zero-order chi connectivity index (χ0) is 60.0. The standard InChI is InChI=1S/C74H127NO8/c1-3-5-7-9-11-13-15-17-19-21-23-25-27-29-30-31-32-33-34-35-36-37-38-40-42-44-46-48-50-52-54-56-58-60-62-64-70(78)75-67(66-82-74-73(81)72(80)71(79)69(65-76)83-74)68(77)63-61-59-57-55-53-51-49-47-45-43-41-39-28-26-24-22-20-18-16-14-12-10-8-6-4-2/h5,7,11,13,17,19,23,25,29-30,32-33,35-36,45,47,53,55,61,63,67-69,71-74,76-77,79-81H,3-4,6,8-10,12,14-16,18,20-22,24,26-28,31,34,37-44,46,48-52,54,56-60,62,64-66H2,1-2H3,(H,75,78)/b7-5-,13-11-,19-17-,25-23-,30-29-,33-32-,36-35-,47-45+,55-53+,63-61+. The van der Waals surface area contributed by atoms with Gasteiger partial charge in [0.15, 0.2) is 6.29 Å². The number of amides is 1. The maximum atomic E-state index is 13.1. The molecule has 0 aromatic heterocycles. The Kier molecular flexibility index (Phi) is 57.7. The Morgan fingerprint density at radius 3 is 1.16 bits per heavy atom. The van der Waals surface area contributed by atoms with Crippen LogP contribution in [0.4, 0.5) is 0 Å².